The number of carbonyl (C=O) groups excluding carboxylic acids is 1. The first-order valence-corrected chi connectivity index (χ1v) is 7.76. The second kappa shape index (κ2) is 6.76. The lowest BCUT2D eigenvalue weighted by atomic mass is 9.86. The molecule has 1 amide bonds. The molecular formula is C15H28N2O3. The van der Waals surface area contributed by atoms with Gasteiger partial charge in [-0.05, 0) is 65.5 Å². The molecule has 0 bridgehead atoms. The zero-order chi connectivity index (χ0) is 14.6. The van der Waals surface area contributed by atoms with Gasteiger partial charge in [0.2, 0.25) is 0 Å². The summed E-state index contributed by atoms with van der Waals surface area (Å²) in [6.45, 7) is 8.54. The third-order valence-corrected chi connectivity index (χ3v) is 3.95. The molecule has 2 rings (SSSR count). The summed E-state index contributed by atoms with van der Waals surface area (Å²) in [7, 11) is 0. The third-order valence-electron chi connectivity index (χ3n) is 3.95. The minimum absolute atomic E-state index is 0.179. The summed E-state index contributed by atoms with van der Waals surface area (Å²) in [6, 6.07) is 0.179. The number of rotatable bonds is 2. The van der Waals surface area contributed by atoms with Crippen LogP contribution in [0, 0.1) is 5.92 Å². The number of hydrogen-bond acceptors (Lipinski definition) is 4. The lowest BCUT2D eigenvalue weighted by molar-refractivity contribution is -0.0410. The summed E-state index contributed by atoms with van der Waals surface area (Å²) in [6.07, 6.45) is 4.09. The van der Waals surface area contributed by atoms with Crippen LogP contribution in [0.2, 0.25) is 0 Å². The Morgan fingerprint density at radius 1 is 1.25 bits per heavy atom. The lowest BCUT2D eigenvalue weighted by Crippen LogP contribution is -2.47. The average Bonchev–Trinajstić information content (AvgIpc) is 2.38. The minimum atomic E-state index is -0.441. The van der Waals surface area contributed by atoms with Gasteiger partial charge in [0.1, 0.15) is 5.60 Å². The Kier molecular flexibility index (Phi) is 5.27. The molecule has 0 unspecified atom stereocenters. The first-order valence-electron chi connectivity index (χ1n) is 7.76. The number of hydrogen-bond donors (Lipinski definition) is 2. The van der Waals surface area contributed by atoms with E-state index in [1.54, 1.807) is 0 Å². The predicted octanol–water partition coefficient (Wildman–Crippen LogP) is 2.06. The second-order valence-corrected chi connectivity index (χ2v) is 6.86. The van der Waals surface area contributed by atoms with E-state index >= 15 is 0 Å². The Balaban J connectivity index is 1.79. The van der Waals surface area contributed by atoms with Crippen LogP contribution in [0.3, 0.4) is 0 Å². The fourth-order valence-electron chi connectivity index (χ4n) is 2.98. The van der Waals surface area contributed by atoms with Crippen molar-refractivity contribution >= 4 is 6.09 Å². The van der Waals surface area contributed by atoms with Crippen LogP contribution in [0.5, 0.6) is 0 Å². The van der Waals surface area contributed by atoms with Gasteiger partial charge < -0.3 is 20.1 Å². The Morgan fingerprint density at radius 2 is 1.95 bits per heavy atom. The summed E-state index contributed by atoms with van der Waals surface area (Å²) in [5, 5.41) is 6.37. The maximum Gasteiger partial charge on any atom is 0.407 e. The molecule has 2 fully saturated rings. The van der Waals surface area contributed by atoms with E-state index in [0.29, 0.717) is 5.92 Å². The zero-order valence-corrected chi connectivity index (χ0v) is 12.9. The number of ether oxygens (including phenoxy) is 2. The van der Waals surface area contributed by atoms with E-state index in [1.165, 1.54) is 12.8 Å². The van der Waals surface area contributed by atoms with Crippen molar-refractivity contribution in [1.82, 2.24) is 10.6 Å². The molecule has 0 aromatic carbocycles. The summed E-state index contributed by atoms with van der Waals surface area (Å²) >= 11 is 0. The van der Waals surface area contributed by atoms with Gasteiger partial charge in [0, 0.05) is 12.6 Å². The molecule has 0 spiro atoms. The maximum absolute atomic E-state index is 11.8. The smallest absolute Gasteiger partial charge is 0.407 e. The van der Waals surface area contributed by atoms with E-state index in [0.717, 1.165) is 32.5 Å². The Hall–Kier alpha value is -0.810. The van der Waals surface area contributed by atoms with Crippen LogP contribution in [0.1, 0.15) is 46.5 Å². The van der Waals surface area contributed by atoms with Crippen molar-refractivity contribution in [2.45, 2.75) is 64.2 Å². The van der Waals surface area contributed by atoms with Crippen molar-refractivity contribution in [3.8, 4) is 0 Å². The molecule has 2 atom stereocenters. The molecule has 116 valence electrons. The number of amides is 1. The van der Waals surface area contributed by atoms with Gasteiger partial charge in [-0.2, -0.15) is 0 Å². The van der Waals surface area contributed by atoms with Crippen LogP contribution in [0.15, 0.2) is 0 Å². The first-order chi connectivity index (χ1) is 9.44. The summed E-state index contributed by atoms with van der Waals surface area (Å²) in [5.74, 6) is 0.625. The monoisotopic (exact) mass is 284 g/mol. The number of nitrogens with one attached hydrogen (secondary N) is 2. The van der Waals surface area contributed by atoms with Crippen molar-refractivity contribution in [2.24, 2.45) is 5.92 Å². The highest BCUT2D eigenvalue weighted by Crippen LogP contribution is 2.26. The Morgan fingerprint density at radius 3 is 2.60 bits per heavy atom. The highest BCUT2D eigenvalue weighted by Gasteiger charge is 2.31. The molecule has 5 nitrogen and oxygen atoms in total. The van der Waals surface area contributed by atoms with E-state index in [2.05, 4.69) is 10.6 Å². The van der Waals surface area contributed by atoms with Crippen molar-refractivity contribution in [3.05, 3.63) is 0 Å². The molecule has 0 aromatic rings. The molecule has 2 N–H and O–H groups in total. The predicted molar refractivity (Wildman–Crippen MR) is 77.7 cm³/mol. The largest absolute Gasteiger partial charge is 0.444 e. The summed E-state index contributed by atoms with van der Waals surface area (Å²) in [4.78, 5) is 11.8. The van der Waals surface area contributed by atoms with E-state index in [1.807, 2.05) is 20.8 Å². The van der Waals surface area contributed by atoms with Crippen LogP contribution in [-0.2, 0) is 9.47 Å². The number of piperidine rings is 1. The van der Waals surface area contributed by atoms with Crippen LogP contribution in [0.25, 0.3) is 0 Å². The van der Waals surface area contributed by atoms with Crippen molar-refractivity contribution in [1.29, 1.82) is 0 Å². The van der Waals surface area contributed by atoms with Crippen LogP contribution in [0.4, 0.5) is 4.79 Å². The van der Waals surface area contributed by atoms with E-state index in [4.69, 9.17) is 9.47 Å². The van der Waals surface area contributed by atoms with Gasteiger partial charge in [-0.15, -0.1) is 0 Å². The Labute approximate surface area is 121 Å². The van der Waals surface area contributed by atoms with E-state index < -0.39 is 5.60 Å². The molecular weight excluding hydrogens is 256 g/mol. The van der Waals surface area contributed by atoms with Gasteiger partial charge in [0.15, 0.2) is 0 Å². The van der Waals surface area contributed by atoms with E-state index in [-0.39, 0.29) is 18.2 Å². The molecule has 0 saturated carbocycles. The zero-order valence-electron chi connectivity index (χ0n) is 12.9. The maximum atomic E-state index is 11.8. The molecule has 2 aliphatic heterocycles. The molecule has 5 heteroatoms. The fraction of sp³-hybridized carbons (Fsp3) is 0.933. The summed E-state index contributed by atoms with van der Waals surface area (Å²) in [5.41, 5.74) is -0.441. The minimum Gasteiger partial charge on any atom is -0.444 e. The van der Waals surface area contributed by atoms with Crippen LogP contribution < -0.4 is 10.6 Å². The molecule has 2 aliphatic rings. The van der Waals surface area contributed by atoms with Gasteiger partial charge >= 0.3 is 6.09 Å². The molecule has 0 radical (unpaired) electrons. The first kappa shape index (κ1) is 15.6. The van der Waals surface area contributed by atoms with Gasteiger partial charge in [-0.25, -0.2) is 4.79 Å². The quantitative estimate of drug-likeness (QED) is 0.815. The SMILES string of the molecule is CC(C)(C)OC(=O)N[C@@H]1CCO[C@H](C2CCNCC2)C1. The van der Waals surface area contributed by atoms with E-state index in [9.17, 15) is 4.79 Å². The van der Waals surface area contributed by atoms with Gasteiger partial charge in [0.25, 0.3) is 0 Å². The van der Waals surface area contributed by atoms with Crippen molar-refractivity contribution in [2.75, 3.05) is 19.7 Å². The highest BCUT2D eigenvalue weighted by atomic mass is 16.6. The fourth-order valence-corrected chi connectivity index (χ4v) is 2.98. The number of alkyl carbamates (subject to hydrolysis) is 1. The van der Waals surface area contributed by atoms with Gasteiger partial charge in [-0.1, -0.05) is 0 Å². The molecule has 2 heterocycles. The molecule has 0 aliphatic carbocycles. The standard InChI is InChI=1S/C15H28N2O3/c1-15(2,3)20-14(18)17-12-6-9-19-13(10-12)11-4-7-16-8-5-11/h11-13,16H,4-10H2,1-3H3,(H,17,18)/t12-,13+/m1/s1. The highest BCUT2D eigenvalue weighted by molar-refractivity contribution is 5.68. The topological polar surface area (TPSA) is 59.6 Å². The lowest BCUT2D eigenvalue weighted by Gasteiger charge is -2.37. The van der Waals surface area contributed by atoms with Crippen LogP contribution >= 0.6 is 0 Å². The second-order valence-electron chi connectivity index (χ2n) is 6.86. The Bertz CT molecular complexity index is 322. The third kappa shape index (κ3) is 4.94. The van der Waals surface area contributed by atoms with Gasteiger partial charge in [-0.3, -0.25) is 0 Å². The van der Waals surface area contributed by atoms with Crippen molar-refractivity contribution < 1.29 is 14.3 Å². The molecule has 20 heavy (non-hydrogen) atoms. The molecule has 0 aromatic heterocycles. The van der Waals surface area contributed by atoms with Crippen molar-refractivity contribution in [3.63, 3.8) is 0 Å². The molecule has 2 saturated heterocycles. The summed E-state index contributed by atoms with van der Waals surface area (Å²) < 4.78 is 11.2. The number of carbonyl (C=O) groups is 1. The van der Waals surface area contributed by atoms with Crippen LogP contribution in [-0.4, -0.2) is 43.5 Å². The van der Waals surface area contributed by atoms with Gasteiger partial charge in [0.05, 0.1) is 6.10 Å². The average molecular weight is 284 g/mol. The normalized spacial score (nSPS) is 28.9.